The van der Waals surface area contributed by atoms with Crippen LogP contribution < -0.4 is 15.4 Å². The molecule has 7 rings (SSSR count). The lowest BCUT2D eigenvalue weighted by molar-refractivity contribution is -0.199. The van der Waals surface area contributed by atoms with E-state index in [0.29, 0.717) is 29.6 Å². The van der Waals surface area contributed by atoms with Crippen molar-refractivity contribution in [3.05, 3.63) is 95.8 Å². The number of ether oxygens (including phenoxy) is 1. The van der Waals surface area contributed by atoms with Crippen LogP contribution in [0.3, 0.4) is 0 Å². The standard InChI is InChI=1S/C34H40BN3O5/c1-33(2)25-18-28(33)34(3)29(19-25)42-35(43-34)30(16-22-10-6-5-7-11-22)38-31(39)20-27(23-12-8-14-26(17-23)41-4)37-32(40)24-13-9-15-36-21-24/h5-15,17,21,25,27-30H,16,18-20H2,1-4H3,(H,37,40)(H,38,39)/t25-,27?,28-,29+,30-,34-/m0/s1. The molecule has 8 nitrogen and oxygen atoms in total. The molecule has 1 unspecified atom stereocenters. The minimum atomic E-state index is -0.598. The number of methoxy groups -OCH3 is 1. The molecule has 1 saturated heterocycles. The van der Waals surface area contributed by atoms with Crippen LogP contribution in [0, 0.1) is 17.3 Å². The van der Waals surface area contributed by atoms with Gasteiger partial charge in [-0.15, -0.1) is 0 Å². The van der Waals surface area contributed by atoms with Gasteiger partial charge in [0.05, 0.1) is 42.8 Å². The van der Waals surface area contributed by atoms with Gasteiger partial charge in [-0.3, -0.25) is 14.6 Å². The Balaban J connectivity index is 1.22. The second kappa shape index (κ2) is 11.8. The minimum Gasteiger partial charge on any atom is -0.497 e. The maximum absolute atomic E-state index is 13.8. The van der Waals surface area contributed by atoms with Crippen LogP contribution in [-0.2, 0) is 20.5 Å². The SMILES string of the molecule is COc1cccc(C(CC(=O)N[C@@H](Cc2ccccc2)B2O[C@@H]3C[C@@H]4C[C@@H](C4(C)C)[C@]3(C)O2)NC(=O)c2cccnc2)c1. The van der Waals surface area contributed by atoms with Crippen LogP contribution in [0.4, 0.5) is 0 Å². The third-order valence-corrected chi connectivity index (χ3v) is 10.1. The Bertz CT molecular complexity index is 1450. The van der Waals surface area contributed by atoms with Gasteiger partial charge in [0, 0.05) is 12.4 Å². The number of pyridine rings is 1. The van der Waals surface area contributed by atoms with Crippen molar-refractivity contribution in [3.63, 3.8) is 0 Å². The Morgan fingerprint density at radius 2 is 1.86 bits per heavy atom. The second-order valence-corrected chi connectivity index (χ2v) is 12.9. The molecule has 0 radical (unpaired) electrons. The van der Waals surface area contributed by atoms with Gasteiger partial charge >= 0.3 is 7.12 Å². The molecule has 3 aromatic rings. The molecule has 4 fully saturated rings. The summed E-state index contributed by atoms with van der Waals surface area (Å²) < 4.78 is 18.8. The molecule has 2 bridgehead atoms. The van der Waals surface area contributed by atoms with E-state index < -0.39 is 19.1 Å². The van der Waals surface area contributed by atoms with Crippen LogP contribution in [0.5, 0.6) is 5.75 Å². The number of hydrogen-bond acceptors (Lipinski definition) is 6. The first-order chi connectivity index (χ1) is 20.7. The lowest BCUT2D eigenvalue weighted by Crippen LogP contribution is -2.65. The maximum atomic E-state index is 13.8. The molecule has 9 heteroatoms. The van der Waals surface area contributed by atoms with Crippen LogP contribution in [0.15, 0.2) is 79.1 Å². The van der Waals surface area contributed by atoms with E-state index in [2.05, 4.69) is 48.5 Å². The fraction of sp³-hybridized carbons (Fsp3) is 0.441. The molecule has 43 heavy (non-hydrogen) atoms. The molecule has 2 aromatic carbocycles. The zero-order chi connectivity index (χ0) is 30.2. The Morgan fingerprint density at radius 1 is 1.05 bits per heavy atom. The summed E-state index contributed by atoms with van der Waals surface area (Å²) in [7, 11) is 1.02. The van der Waals surface area contributed by atoms with E-state index in [4.69, 9.17) is 14.0 Å². The lowest BCUT2D eigenvalue weighted by atomic mass is 9.43. The number of aromatic nitrogens is 1. The van der Waals surface area contributed by atoms with Gasteiger partial charge < -0.3 is 24.7 Å². The number of hydrogen-bond donors (Lipinski definition) is 2. The van der Waals surface area contributed by atoms with Gasteiger partial charge in [-0.1, -0.05) is 56.3 Å². The highest BCUT2D eigenvalue weighted by molar-refractivity contribution is 6.48. The summed E-state index contributed by atoms with van der Waals surface area (Å²) in [6.07, 6.45) is 5.84. The normalized spacial score (nSPS) is 26.4. The average Bonchev–Trinajstić information content (AvgIpc) is 3.38. The van der Waals surface area contributed by atoms with E-state index in [0.717, 1.165) is 24.0 Å². The minimum absolute atomic E-state index is 0.00718. The zero-order valence-corrected chi connectivity index (χ0v) is 25.3. The fourth-order valence-corrected chi connectivity index (χ4v) is 7.45. The van der Waals surface area contributed by atoms with Crippen molar-refractivity contribution in [2.45, 2.75) is 70.1 Å². The molecular weight excluding hydrogens is 541 g/mol. The van der Waals surface area contributed by atoms with Gasteiger partial charge in [-0.25, -0.2) is 0 Å². The molecule has 2 N–H and O–H groups in total. The molecule has 224 valence electrons. The predicted molar refractivity (Wildman–Crippen MR) is 164 cm³/mol. The van der Waals surface area contributed by atoms with Gasteiger partial charge in [0.15, 0.2) is 0 Å². The second-order valence-electron chi connectivity index (χ2n) is 12.9. The Labute approximate surface area is 254 Å². The summed E-state index contributed by atoms with van der Waals surface area (Å²) in [6, 6.07) is 20.3. The number of rotatable bonds is 10. The number of carbonyl (C=O) groups excluding carboxylic acids is 2. The van der Waals surface area contributed by atoms with Gasteiger partial charge in [0.2, 0.25) is 5.91 Å². The van der Waals surface area contributed by atoms with Crippen molar-refractivity contribution in [1.82, 2.24) is 15.6 Å². The highest BCUT2D eigenvalue weighted by Gasteiger charge is 2.68. The first-order valence-corrected chi connectivity index (χ1v) is 15.2. The van der Waals surface area contributed by atoms with Crippen molar-refractivity contribution < 1.29 is 23.6 Å². The van der Waals surface area contributed by atoms with Crippen LogP contribution in [0.1, 0.15) is 67.6 Å². The summed E-state index contributed by atoms with van der Waals surface area (Å²) in [4.78, 5) is 31.0. The van der Waals surface area contributed by atoms with Gasteiger partial charge in [0.1, 0.15) is 5.75 Å². The molecule has 1 aromatic heterocycles. The number of benzene rings is 2. The molecule has 3 aliphatic carbocycles. The van der Waals surface area contributed by atoms with E-state index in [1.807, 2.05) is 42.5 Å². The molecule has 4 aliphatic rings. The average molecular weight is 582 g/mol. The zero-order valence-electron chi connectivity index (χ0n) is 25.3. The Hall–Kier alpha value is -3.69. The van der Waals surface area contributed by atoms with Crippen LogP contribution >= 0.6 is 0 Å². The highest BCUT2D eigenvalue weighted by atomic mass is 16.7. The van der Waals surface area contributed by atoms with Crippen LogP contribution in [0.2, 0.25) is 0 Å². The van der Waals surface area contributed by atoms with Gasteiger partial charge in [0.25, 0.3) is 5.91 Å². The molecule has 6 atom stereocenters. The van der Waals surface area contributed by atoms with Crippen LogP contribution in [0.25, 0.3) is 0 Å². The Morgan fingerprint density at radius 3 is 2.58 bits per heavy atom. The lowest BCUT2D eigenvalue weighted by Gasteiger charge is -2.64. The van der Waals surface area contributed by atoms with E-state index in [9.17, 15) is 9.59 Å². The van der Waals surface area contributed by atoms with Crippen molar-refractivity contribution in [3.8, 4) is 5.75 Å². The van der Waals surface area contributed by atoms with E-state index in [1.54, 1.807) is 25.4 Å². The molecular formula is C34H40BN3O5. The number of nitrogens with one attached hydrogen (secondary N) is 2. The number of carbonyl (C=O) groups is 2. The van der Waals surface area contributed by atoms with E-state index >= 15 is 0 Å². The van der Waals surface area contributed by atoms with E-state index in [1.165, 1.54) is 6.20 Å². The van der Waals surface area contributed by atoms with Crippen molar-refractivity contribution in [1.29, 1.82) is 0 Å². The van der Waals surface area contributed by atoms with E-state index in [-0.39, 0.29) is 35.4 Å². The highest BCUT2D eigenvalue weighted by Crippen LogP contribution is 2.65. The number of amides is 2. The monoisotopic (exact) mass is 581 g/mol. The maximum Gasteiger partial charge on any atom is 0.482 e. The summed E-state index contributed by atoms with van der Waals surface area (Å²) in [5.41, 5.74) is 2.10. The topological polar surface area (TPSA) is 98.8 Å². The van der Waals surface area contributed by atoms with Crippen molar-refractivity contribution in [2.75, 3.05) is 7.11 Å². The van der Waals surface area contributed by atoms with Gasteiger partial charge in [-0.2, -0.15) is 0 Å². The summed E-state index contributed by atoms with van der Waals surface area (Å²) in [6.45, 7) is 6.87. The smallest absolute Gasteiger partial charge is 0.482 e. The first kappa shape index (κ1) is 29.4. The molecule has 2 amide bonds. The number of nitrogens with zero attached hydrogens (tertiary/aromatic N) is 1. The fourth-order valence-electron chi connectivity index (χ4n) is 7.45. The quantitative estimate of drug-likeness (QED) is 0.329. The first-order valence-electron chi connectivity index (χ1n) is 15.2. The third-order valence-electron chi connectivity index (χ3n) is 10.1. The third kappa shape index (κ3) is 5.80. The summed E-state index contributed by atoms with van der Waals surface area (Å²) >= 11 is 0. The largest absolute Gasteiger partial charge is 0.497 e. The van der Waals surface area contributed by atoms with Crippen LogP contribution in [-0.4, -0.2) is 48.7 Å². The Kier molecular flexibility index (Phi) is 8.05. The molecule has 0 spiro atoms. The predicted octanol–water partition coefficient (Wildman–Crippen LogP) is 4.95. The summed E-state index contributed by atoms with van der Waals surface area (Å²) in [5.74, 6) is 0.768. The van der Waals surface area contributed by atoms with Crippen molar-refractivity contribution >= 4 is 18.9 Å². The molecule has 1 aliphatic heterocycles. The molecule has 3 saturated carbocycles. The molecule has 2 heterocycles. The van der Waals surface area contributed by atoms with Crippen molar-refractivity contribution in [2.24, 2.45) is 17.3 Å². The summed E-state index contributed by atoms with van der Waals surface area (Å²) in [5, 5.41) is 6.28. The van der Waals surface area contributed by atoms with Gasteiger partial charge in [-0.05, 0) is 78.8 Å².